The molecule has 0 N–H and O–H groups in total. The van der Waals surface area contributed by atoms with Crippen molar-refractivity contribution in [2.24, 2.45) is 0 Å². The maximum Gasteiger partial charge on any atom is 0.171 e. The SMILES string of the molecule is CCCCOc1ccc(OCCCC)c(CCC(=O)c2cccc(OCCCC)c2OCCCC)c1. The van der Waals surface area contributed by atoms with E-state index in [0.29, 0.717) is 56.3 Å². The van der Waals surface area contributed by atoms with Crippen LogP contribution >= 0.6 is 0 Å². The number of hydrogen-bond donors (Lipinski definition) is 0. The summed E-state index contributed by atoms with van der Waals surface area (Å²) in [6, 6.07) is 11.6. The van der Waals surface area contributed by atoms with E-state index in [-0.39, 0.29) is 5.78 Å². The van der Waals surface area contributed by atoms with E-state index in [0.717, 1.165) is 68.4 Å². The van der Waals surface area contributed by atoms with Crippen LogP contribution in [-0.4, -0.2) is 32.2 Å². The second-order valence-corrected chi connectivity index (χ2v) is 9.13. The first-order chi connectivity index (χ1) is 17.6. The molecule has 0 saturated heterocycles. The zero-order valence-corrected chi connectivity index (χ0v) is 22.9. The van der Waals surface area contributed by atoms with Crippen LogP contribution < -0.4 is 18.9 Å². The van der Waals surface area contributed by atoms with E-state index >= 15 is 0 Å². The number of rotatable bonds is 20. The van der Waals surface area contributed by atoms with E-state index in [2.05, 4.69) is 27.7 Å². The van der Waals surface area contributed by atoms with E-state index in [1.165, 1.54) is 0 Å². The first-order valence-corrected chi connectivity index (χ1v) is 13.9. The van der Waals surface area contributed by atoms with Gasteiger partial charge in [0.2, 0.25) is 0 Å². The van der Waals surface area contributed by atoms with Gasteiger partial charge in [0.1, 0.15) is 11.5 Å². The Labute approximate surface area is 218 Å². The molecule has 5 heteroatoms. The van der Waals surface area contributed by atoms with Gasteiger partial charge in [0.15, 0.2) is 17.3 Å². The number of unbranched alkanes of at least 4 members (excludes halogenated alkanes) is 4. The van der Waals surface area contributed by atoms with Crippen molar-refractivity contribution in [3.8, 4) is 23.0 Å². The molecule has 0 aromatic heterocycles. The molecule has 36 heavy (non-hydrogen) atoms. The third-order valence-electron chi connectivity index (χ3n) is 5.95. The average molecular weight is 499 g/mol. The van der Waals surface area contributed by atoms with E-state index in [1.54, 1.807) is 0 Å². The van der Waals surface area contributed by atoms with Crippen LogP contribution in [0.4, 0.5) is 0 Å². The average Bonchev–Trinajstić information content (AvgIpc) is 2.89. The van der Waals surface area contributed by atoms with Crippen LogP contribution in [0.25, 0.3) is 0 Å². The lowest BCUT2D eigenvalue weighted by atomic mass is 10.0. The lowest BCUT2D eigenvalue weighted by molar-refractivity contribution is 0.0977. The highest BCUT2D eigenvalue weighted by Gasteiger charge is 2.19. The Balaban J connectivity index is 2.20. The van der Waals surface area contributed by atoms with Crippen molar-refractivity contribution in [3.63, 3.8) is 0 Å². The predicted molar refractivity (Wildman–Crippen MR) is 147 cm³/mol. The molecular formula is C31H46O5. The summed E-state index contributed by atoms with van der Waals surface area (Å²) >= 11 is 0. The van der Waals surface area contributed by atoms with Crippen LogP contribution in [0.1, 0.15) is 101 Å². The van der Waals surface area contributed by atoms with E-state index in [9.17, 15) is 4.79 Å². The van der Waals surface area contributed by atoms with Gasteiger partial charge in [-0.15, -0.1) is 0 Å². The Morgan fingerprint density at radius 1 is 0.667 bits per heavy atom. The summed E-state index contributed by atoms with van der Waals surface area (Å²) in [5.41, 5.74) is 1.58. The molecule has 0 radical (unpaired) electrons. The summed E-state index contributed by atoms with van der Waals surface area (Å²) in [6.07, 6.45) is 9.06. The maximum absolute atomic E-state index is 13.4. The van der Waals surface area contributed by atoms with E-state index in [4.69, 9.17) is 18.9 Å². The number of Topliss-reactive ketones (excluding diaryl/α,β-unsaturated/α-hetero) is 1. The standard InChI is InChI=1S/C31H46O5/c1-5-9-20-33-26-17-19-29(34-21-10-6-2)25(24-26)16-18-28(32)27-14-13-15-30(35-22-11-7-3)31(27)36-23-12-8-4/h13-15,17,19,24H,5-12,16,18,20-23H2,1-4H3. The van der Waals surface area contributed by atoms with Crippen LogP contribution in [-0.2, 0) is 6.42 Å². The molecule has 0 spiro atoms. The first-order valence-electron chi connectivity index (χ1n) is 13.9. The molecule has 2 rings (SSSR count). The summed E-state index contributed by atoms with van der Waals surface area (Å²) in [7, 11) is 0. The fraction of sp³-hybridized carbons (Fsp3) is 0.581. The molecule has 0 fully saturated rings. The van der Waals surface area contributed by atoms with Crippen LogP contribution in [0.5, 0.6) is 23.0 Å². The molecule has 0 aliphatic heterocycles. The van der Waals surface area contributed by atoms with Crippen molar-refractivity contribution in [1.29, 1.82) is 0 Å². The molecule has 0 atom stereocenters. The Hall–Kier alpha value is -2.69. The number of carbonyl (C=O) groups excluding carboxylic acids is 1. The molecule has 200 valence electrons. The van der Waals surface area contributed by atoms with Crippen molar-refractivity contribution < 1.29 is 23.7 Å². The molecule has 0 heterocycles. The summed E-state index contributed by atoms with van der Waals surface area (Å²) in [5, 5.41) is 0. The van der Waals surface area contributed by atoms with Crippen LogP contribution in [0.15, 0.2) is 36.4 Å². The maximum atomic E-state index is 13.4. The second kappa shape index (κ2) is 17.7. The van der Waals surface area contributed by atoms with Crippen LogP contribution in [0, 0.1) is 0 Å². The lowest BCUT2D eigenvalue weighted by Gasteiger charge is -2.17. The number of benzene rings is 2. The molecular weight excluding hydrogens is 452 g/mol. The number of para-hydroxylation sites is 1. The molecule has 0 unspecified atom stereocenters. The second-order valence-electron chi connectivity index (χ2n) is 9.13. The Bertz CT molecular complexity index is 893. The molecule has 0 aliphatic carbocycles. The summed E-state index contributed by atoms with van der Waals surface area (Å²) in [5.74, 6) is 2.92. The third-order valence-corrected chi connectivity index (χ3v) is 5.95. The highest BCUT2D eigenvalue weighted by molar-refractivity contribution is 5.99. The van der Waals surface area contributed by atoms with Crippen molar-refractivity contribution in [2.75, 3.05) is 26.4 Å². The fourth-order valence-electron chi connectivity index (χ4n) is 3.67. The number of carbonyl (C=O) groups is 1. The monoisotopic (exact) mass is 498 g/mol. The summed E-state index contributed by atoms with van der Waals surface area (Å²) < 4.78 is 24.0. The predicted octanol–water partition coefficient (Wildman–Crippen LogP) is 8.22. The molecule has 5 nitrogen and oxygen atoms in total. The Kier molecular flexibility index (Phi) is 14.5. The van der Waals surface area contributed by atoms with Crippen molar-refractivity contribution in [2.45, 2.75) is 91.9 Å². The van der Waals surface area contributed by atoms with Gasteiger partial charge in [-0.25, -0.2) is 0 Å². The number of aryl methyl sites for hydroxylation is 1. The van der Waals surface area contributed by atoms with Gasteiger partial charge in [0, 0.05) is 6.42 Å². The molecule has 0 amide bonds. The van der Waals surface area contributed by atoms with Crippen molar-refractivity contribution >= 4 is 5.78 Å². The van der Waals surface area contributed by atoms with Gasteiger partial charge >= 0.3 is 0 Å². The highest BCUT2D eigenvalue weighted by Crippen LogP contribution is 2.34. The zero-order valence-electron chi connectivity index (χ0n) is 22.9. The van der Waals surface area contributed by atoms with Crippen molar-refractivity contribution in [3.05, 3.63) is 47.5 Å². The largest absolute Gasteiger partial charge is 0.494 e. The van der Waals surface area contributed by atoms with E-state index < -0.39 is 0 Å². The quantitative estimate of drug-likeness (QED) is 0.136. The first kappa shape index (κ1) is 29.5. The minimum absolute atomic E-state index is 0.0410. The van der Waals surface area contributed by atoms with Gasteiger partial charge in [-0.1, -0.05) is 59.4 Å². The van der Waals surface area contributed by atoms with Crippen molar-refractivity contribution in [1.82, 2.24) is 0 Å². The smallest absolute Gasteiger partial charge is 0.171 e. The minimum atomic E-state index is 0.0410. The summed E-state index contributed by atoms with van der Waals surface area (Å²) in [6.45, 7) is 11.1. The summed E-state index contributed by atoms with van der Waals surface area (Å²) in [4.78, 5) is 13.4. The molecule has 0 bridgehead atoms. The number of hydrogen-bond acceptors (Lipinski definition) is 5. The fourth-order valence-corrected chi connectivity index (χ4v) is 3.67. The number of ketones is 1. The highest BCUT2D eigenvalue weighted by atomic mass is 16.5. The van der Waals surface area contributed by atoms with Gasteiger partial charge in [0.25, 0.3) is 0 Å². The molecule has 2 aromatic carbocycles. The Morgan fingerprint density at radius 3 is 1.89 bits per heavy atom. The topological polar surface area (TPSA) is 54.0 Å². The van der Waals surface area contributed by atoms with Gasteiger partial charge in [0.05, 0.1) is 32.0 Å². The lowest BCUT2D eigenvalue weighted by Crippen LogP contribution is -2.09. The van der Waals surface area contributed by atoms with Crippen LogP contribution in [0.3, 0.4) is 0 Å². The molecule has 0 saturated carbocycles. The minimum Gasteiger partial charge on any atom is -0.494 e. The normalized spacial score (nSPS) is 10.8. The Morgan fingerprint density at radius 2 is 1.25 bits per heavy atom. The van der Waals surface area contributed by atoms with Gasteiger partial charge in [-0.3, -0.25) is 4.79 Å². The molecule has 0 aliphatic rings. The molecule has 2 aromatic rings. The van der Waals surface area contributed by atoms with E-state index in [1.807, 2.05) is 36.4 Å². The van der Waals surface area contributed by atoms with Gasteiger partial charge in [-0.05, 0) is 68.0 Å². The third kappa shape index (κ3) is 10.1. The zero-order chi connectivity index (χ0) is 26.0. The van der Waals surface area contributed by atoms with Gasteiger partial charge < -0.3 is 18.9 Å². The van der Waals surface area contributed by atoms with Gasteiger partial charge in [-0.2, -0.15) is 0 Å². The van der Waals surface area contributed by atoms with Crippen LogP contribution in [0.2, 0.25) is 0 Å². The number of ether oxygens (including phenoxy) is 4.